The lowest BCUT2D eigenvalue weighted by molar-refractivity contribution is -0.0595. The molecule has 2 fully saturated rings. The number of carbonyl (C=O) groups excluding carboxylic acids is 1. The van der Waals surface area contributed by atoms with Crippen molar-refractivity contribution in [1.29, 1.82) is 0 Å². The molecule has 7 heteroatoms. The zero-order chi connectivity index (χ0) is 17.5. The molecule has 1 atom stereocenters. The van der Waals surface area contributed by atoms with Gasteiger partial charge in [0.1, 0.15) is 5.82 Å². The minimum atomic E-state index is -0.303. The molecule has 3 rings (SSSR count). The van der Waals surface area contributed by atoms with E-state index in [9.17, 15) is 4.79 Å². The number of amides is 1. The second kappa shape index (κ2) is 6.29. The number of hydrogen-bond acceptors (Lipinski definition) is 6. The Labute approximate surface area is 143 Å². The van der Waals surface area contributed by atoms with Crippen molar-refractivity contribution in [2.45, 2.75) is 38.8 Å². The Kier molecular flexibility index (Phi) is 4.48. The van der Waals surface area contributed by atoms with Gasteiger partial charge in [-0.15, -0.1) is 0 Å². The summed E-state index contributed by atoms with van der Waals surface area (Å²) in [7, 11) is 4.21. The first-order chi connectivity index (χ1) is 11.3. The maximum Gasteiger partial charge on any atom is 0.289 e. The van der Waals surface area contributed by atoms with Crippen LogP contribution in [0.1, 0.15) is 35.2 Å². The van der Waals surface area contributed by atoms with Crippen molar-refractivity contribution in [3.05, 3.63) is 17.1 Å². The van der Waals surface area contributed by atoms with Crippen molar-refractivity contribution in [1.82, 2.24) is 20.2 Å². The van der Waals surface area contributed by atoms with Crippen LogP contribution in [0.25, 0.3) is 0 Å². The van der Waals surface area contributed by atoms with Gasteiger partial charge in [-0.2, -0.15) is 0 Å². The molecule has 0 bridgehead atoms. The molecule has 1 N–H and O–H groups in total. The summed E-state index contributed by atoms with van der Waals surface area (Å²) in [6, 6.07) is 0.517. The van der Waals surface area contributed by atoms with Gasteiger partial charge < -0.3 is 19.9 Å². The van der Waals surface area contributed by atoms with Gasteiger partial charge in [0.15, 0.2) is 0 Å². The smallest absolute Gasteiger partial charge is 0.289 e. The van der Waals surface area contributed by atoms with Crippen molar-refractivity contribution >= 4 is 11.7 Å². The summed E-state index contributed by atoms with van der Waals surface area (Å²) < 4.78 is 5.19. The predicted molar refractivity (Wildman–Crippen MR) is 92.5 cm³/mol. The molecule has 1 aromatic rings. The van der Waals surface area contributed by atoms with Crippen molar-refractivity contribution in [2.24, 2.45) is 0 Å². The normalized spacial score (nSPS) is 22.6. The number of aromatic nitrogens is 2. The van der Waals surface area contributed by atoms with Crippen LogP contribution in [0.15, 0.2) is 0 Å². The minimum Gasteiger partial charge on any atom is -0.376 e. The number of anilines is 1. The highest BCUT2D eigenvalue weighted by Gasteiger charge is 2.36. The van der Waals surface area contributed by atoms with Crippen LogP contribution >= 0.6 is 0 Å². The van der Waals surface area contributed by atoms with Crippen LogP contribution in [-0.2, 0) is 4.74 Å². The first-order valence-electron chi connectivity index (χ1n) is 8.46. The molecular weight excluding hydrogens is 306 g/mol. The molecule has 2 aliphatic rings. The van der Waals surface area contributed by atoms with Crippen LogP contribution in [0.2, 0.25) is 0 Å². The average Bonchev–Trinajstić information content (AvgIpc) is 2.98. The summed E-state index contributed by atoms with van der Waals surface area (Å²) >= 11 is 0. The Bertz CT molecular complexity index is 642. The molecule has 2 aliphatic heterocycles. The summed E-state index contributed by atoms with van der Waals surface area (Å²) in [6.07, 6.45) is 1.10. The van der Waals surface area contributed by atoms with E-state index in [0.29, 0.717) is 19.3 Å². The third-order valence-corrected chi connectivity index (χ3v) is 5.02. The zero-order valence-electron chi connectivity index (χ0n) is 15.2. The molecule has 2 saturated heterocycles. The Morgan fingerprint density at radius 3 is 2.58 bits per heavy atom. The van der Waals surface area contributed by atoms with Crippen LogP contribution in [0.4, 0.5) is 5.82 Å². The van der Waals surface area contributed by atoms with Crippen LogP contribution < -0.4 is 10.2 Å². The minimum absolute atomic E-state index is 0.228. The van der Waals surface area contributed by atoms with Gasteiger partial charge in [-0.1, -0.05) is 0 Å². The van der Waals surface area contributed by atoms with E-state index in [1.807, 2.05) is 20.8 Å². The van der Waals surface area contributed by atoms with Crippen LogP contribution in [0.3, 0.4) is 0 Å². The molecule has 0 aliphatic carbocycles. The third-order valence-electron chi connectivity index (χ3n) is 5.02. The summed E-state index contributed by atoms with van der Waals surface area (Å²) in [5, 5.41) is 2.98. The van der Waals surface area contributed by atoms with Gasteiger partial charge >= 0.3 is 0 Å². The highest BCUT2D eigenvalue weighted by molar-refractivity contribution is 5.91. The van der Waals surface area contributed by atoms with Crippen molar-refractivity contribution in [2.75, 3.05) is 45.3 Å². The van der Waals surface area contributed by atoms with Gasteiger partial charge in [-0.25, -0.2) is 9.97 Å². The Hall–Kier alpha value is -1.73. The molecule has 24 heavy (non-hydrogen) atoms. The molecule has 1 aromatic heterocycles. The molecular formula is C17H27N5O2. The number of nitrogens with one attached hydrogen (secondary N) is 1. The second-order valence-electron chi connectivity index (χ2n) is 7.44. The molecule has 1 amide bonds. The molecule has 0 radical (unpaired) electrons. The van der Waals surface area contributed by atoms with E-state index in [2.05, 4.69) is 39.2 Å². The topological polar surface area (TPSA) is 70.6 Å². The fourth-order valence-corrected chi connectivity index (χ4v) is 3.19. The van der Waals surface area contributed by atoms with Crippen molar-refractivity contribution in [3.8, 4) is 0 Å². The predicted octanol–water partition coefficient (Wildman–Crippen LogP) is 0.752. The summed E-state index contributed by atoms with van der Waals surface area (Å²) in [6.45, 7) is 8.88. The van der Waals surface area contributed by atoms with E-state index in [1.54, 1.807) is 0 Å². The van der Waals surface area contributed by atoms with Gasteiger partial charge in [0, 0.05) is 30.4 Å². The number of ether oxygens (including phenoxy) is 1. The van der Waals surface area contributed by atoms with Crippen molar-refractivity contribution in [3.63, 3.8) is 0 Å². The molecule has 132 valence electrons. The lowest BCUT2D eigenvalue weighted by atomic mass is 10.0. The number of hydrogen-bond donors (Lipinski definition) is 1. The molecule has 7 nitrogen and oxygen atoms in total. The van der Waals surface area contributed by atoms with Gasteiger partial charge in [0.25, 0.3) is 5.91 Å². The van der Waals surface area contributed by atoms with Gasteiger partial charge in [-0.05, 0) is 41.3 Å². The van der Waals surface area contributed by atoms with E-state index < -0.39 is 0 Å². The van der Waals surface area contributed by atoms with Gasteiger partial charge in [0.05, 0.1) is 18.8 Å². The Morgan fingerprint density at radius 2 is 2.04 bits per heavy atom. The molecule has 0 aromatic carbocycles. The summed E-state index contributed by atoms with van der Waals surface area (Å²) in [5.74, 6) is 0.898. The van der Waals surface area contributed by atoms with Gasteiger partial charge in [0.2, 0.25) is 5.82 Å². The number of carbonyl (C=O) groups is 1. The molecule has 0 unspecified atom stereocenters. The van der Waals surface area contributed by atoms with Crippen LogP contribution in [0, 0.1) is 13.8 Å². The van der Waals surface area contributed by atoms with E-state index in [-0.39, 0.29) is 17.3 Å². The van der Waals surface area contributed by atoms with E-state index in [1.165, 1.54) is 0 Å². The largest absolute Gasteiger partial charge is 0.376 e. The van der Waals surface area contributed by atoms with Gasteiger partial charge in [-0.3, -0.25) is 4.79 Å². The Balaban J connectivity index is 1.82. The number of rotatable bonds is 4. The van der Waals surface area contributed by atoms with Crippen LogP contribution in [-0.4, -0.2) is 72.8 Å². The standard InChI is InChI=1S/C17H27N5O2/c1-11-12(2)18-14(16(23)20-17(3)9-24-10-17)19-15(11)22-7-6-13(8-22)21(4)5/h13H,6-10H2,1-5H3,(H,20,23)/t13-/m1/s1. The number of aryl methyl sites for hydroxylation is 1. The lowest BCUT2D eigenvalue weighted by Gasteiger charge is -2.38. The average molecular weight is 333 g/mol. The second-order valence-corrected chi connectivity index (χ2v) is 7.44. The van der Waals surface area contributed by atoms with E-state index in [4.69, 9.17) is 4.74 Å². The zero-order valence-corrected chi connectivity index (χ0v) is 15.2. The van der Waals surface area contributed by atoms with E-state index in [0.717, 1.165) is 36.6 Å². The van der Waals surface area contributed by atoms with Crippen molar-refractivity contribution < 1.29 is 9.53 Å². The molecule has 0 saturated carbocycles. The van der Waals surface area contributed by atoms with E-state index >= 15 is 0 Å². The van der Waals surface area contributed by atoms with Crippen LogP contribution in [0.5, 0.6) is 0 Å². The fraction of sp³-hybridized carbons (Fsp3) is 0.706. The SMILES string of the molecule is Cc1nc(C(=O)NC2(C)COC2)nc(N2CC[C@@H](N(C)C)C2)c1C. The first kappa shape index (κ1) is 17.1. The monoisotopic (exact) mass is 333 g/mol. The number of nitrogens with zero attached hydrogens (tertiary/aromatic N) is 4. The maximum absolute atomic E-state index is 12.5. The number of likely N-dealkylation sites (N-methyl/N-ethyl adjacent to an activating group) is 1. The fourth-order valence-electron chi connectivity index (χ4n) is 3.19. The summed E-state index contributed by atoms with van der Waals surface area (Å²) in [4.78, 5) is 26.0. The third kappa shape index (κ3) is 3.23. The molecule has 0 spiro atoms. The summed E-state index contributed by atoms with van der Waals surface area (Å²) in [5.41, 5.74) is 1.60. The highest BCUT2D eigenvalue weighted by atomic mass is 16.5. The quantitative estimate of drug-likeness (QED) is 0.877. The maximum atomic E-state index is 12.5. The highest BCUT2D eigenvalue weighted by Crippen LogP contribution is 2.25. The lowest BCUT2D eigenvalue weighted by Crippen LogP contribution is -2.60. The Morgan fingerprint density at radius 1 is 1.33 bits per heavy atom. The molecule has 3 heterocycles. The first-order valence-corrected chi connectivity index (χ1v) is 8.46.